The Balaban J connectivity index is 2.29. The van der Waals surface area contributed by atoms with Crippen LogP contribution in [0.2, 0.25) is 0 Å². The molecular weight excluding hydrogens is 330 g/mol. The van der Waals surface area contributed by atoms with Crippen LogP contribution in [-0.2, 0) is 4.79 Å². The largest absolute Gasteiger partial charge is 0.354 e. The van der Waals surface area contributed by atoms with Crippen LogP contribution in [0.25, 0.3) is 0 Å². The van der Waals surface area contributed by atoms with Gasteiger partial charge >= 0.3 is 0 Å². The molecule has 2 rings (SSSR count). The Morgan fingerprint density at radius 1 is 1.45 bits per heavy atom. The number of nitro groups is 1. The van der Waals surface area contributed by atoms with E-state index in [-0.39, 0.29) is 23.7 Å². The molecule has 1 N–H and O–H groups in total. The molecule has 0 bridgehead atoms. The molecule has 0 spiro atoms. The summed E-state index contributed by atoms with van der Waals surface area (Å²) in [6.07, 6.45) is 0.657. The van der Waals surface area contributed by atoms with Gasteiger partial charge in [-0.25, -0.2) is 0 Å². The van der Waals surface area contributed by atoms with E-state index in [9.17, 15) is 19.7 Å². The summed E-state index contributed by atoms with van der Waals surface area (Å²) < 4.78 is 0.470. The number of nitrogens with zero attached hydrogens (tertiary/aromatic N) is 2. The molecule has 1 heterocycles. The molecule has 1 aromatic rings. The molecule has 106 valence electrons. The van der Waals surface area contributed by atoms with E-state index in [1.54, 1.807) is 0 Å². The van der Waals surface area contributed by atoms with Crippen LogP contribution in [0.4, 0.5) is 5.69 Å². The van der Waals surface area contributed by atoms with Gasteiger partial charge < -0.3 is 10.2 Å². The molecule has 0 aliphatic carbocycles. The van der Waals surface area contributed by atoms with Crippen molar-refractivity contribution in [2.45, 2.75) is 6.42 Å². The van der Waals surface area contributed by atoms with Crippen molar-refractivity contribution in [3.63, 3.8) is 0 Å². The molecule has 0 atom stereocenters. The molecule has 0 radical (unpaired) electrons. The zero-order valence-electron chi connectivity index (χ0n) is 10.5. The molecule has 1 aliphatic rings. The third kappa shape index (κ3) is 3.13. The first kappa shape index (κ1) is 14.4. The van der Waals surface area contributed by atoms with Gasteiger partial charge in [-0.05, 0) is 28.4 Å². The Kier molecular flexibility index (Phi) is 4.33. The highest BCUT2D eigenvalue weighted by Crippen LogP contribution is 2.24. The fourth-order valence-corrected chi connectivity index (χ4v) is 2.36. The Labute approximate surface area is 123 Å². The number of carbonyl (C=O) groups excluding carboxylic acids is 2. The van der Waals surface area contributed by atoms with Crippen molar-refractivity contribution in [2.24, 2.45) is 0 Å². The van der Waals surface area contributed by atoms with E-state index in [2.05, 4.69) is 21.2 Å². The number of nitro benzene ring substituents is 1. The molecule has 7 nitrogen and oxygen atoms in total. The number of hydrogen-bond donors (Lipinski definition) is 1. The lowest BCUT2D eigenvalue weighted by Gasteiger charge is -2.19. The lowest BCUT2D eigenvalue weighted by atomic mass is 10.1. The third-order valence-corrected chi connectivity index (χ3v) is 3.63. The van der Waals surface area contributed by atoms with Crippen molar-refractivity contribution < 1.29 is 14.5 Å². The maximum absolute atomic E-state index is 12.4. The lowest BCUT2D eigenvalue weighted by molar-refractivity contribution is -0.384. The highest BCUT2D eigenvalue weighted by atomic mass is 79.9. The predicted molar refractivity (Wildman–Crippen MR) is 74.3 cm³/mol. The van der Waals surface area contributed by atoms with Gasteiger partial charge in [0.1, 0.15) is 0 Å². The highest BCUT2D eigenvalue weighted by molar-refractivity contribution is 9.10. The van der Waals surface area contributed by atoms with Gasteiger partial charge in [0.25, 0.3) is 11.6 Å². The predicted octanol–water partition coefficient (Wildman–Crippen LogP) is 1.32. The van der Waals surface area contributed by atoms with Gasteiger partial charge in [-0.1, -0.05) is 0 Å². The summed E-state index contributed by atoms with van der Waals surface area (Å²) in [5.41, 5.74) is 0.0322. The monoisotopic (exact) mass is 341 g/mol. The topological polar surface area (TPSA) is 92.5 Å². The average Bonchev–Trinajstić information content (AvgIpc) is 2.63. The fraction of sp³-hybridized carbons (Fsp3) is 0.333. The summed E-state index contributed by atoms with van der Waals surface area (Å²) in [5, 5.41) is 13.4. The van der Waals surface area contributed by atoms with Crippen LogP contribution >= 0.6 is 15.9 Å². The Bertz CT molecular complexity index is 576. The summed E-state index contributed by atoms with van der Waals surface area (Å²) in [6.45, 7) is 0.930. The number of rotatable bonds is 2. The Morgan fingerprint density at radius 3 is 2.90 bits per heavy atom. The van der Waals surface area contributed by atoms with Gasteiger partial charge in [0.2, 0.25) is 5.91 Å². The second-order valence-corrected chi connectivity index (χ2v) is 5.21. The maximum atomic E-state index is 12.4. The fourth-order valence-electron chi connectivity index (χ4n) is 1.94. The minimum Gasteiger partial charge on any atom is -0.354 e. The van der Waals surface area contributed by atoms with Gasteiger partial charge in [-0.3, -0.25) is 19.7 Å². The molecule has 0 saturated carbocycles. The number of benzene rings is 1. The summed E-state index contributed by atoms with van der Waals surface area (Å²) in [5.74, 6) is -0.616. The van der Waals surface area contributed by atoms with E-state index in [0.29, 0.717) is 24.0 Å². The van der Waals surface area contributed by atoms with Gasteiger partial charge in [0.15, 0.2) is 0 Å². The average molecular weight is 342 g/mol. The van der Waals surface area contributed by atoms with E-state index in [0.717, 1.165) is 0 Å². The first-order valence-corrected chi connectivity index (χ1v) is 6.78. The Hall–Kier alpha value is -1.96. The van der Waals surface area contributed by atoms with Crippen LogP contribution < -0.4 is 5.32 Å². The normalized spacial score (nSPS) is 15.4. The number of carbonyl (C=O) groups is 2. The molecule has 1 saturated heterocycles. The van der Waals surface area contributed by atoms with E-state index in [4.69, 9.17) is 0 Å². The van der Waals surface area contributed by atoms with Crippen molar-refractivity contribution >= 4 is 33.4 Å². The number of nitrogens with one attached hydrogen (secondary N) is 1. The molecule has 0 aromatic heterocycles. The van der Waals surface area contributed by atoms with E-state index in [1.165, 1.54) is 23.1 Å². The van der Waals surface area contributed by atoms with Gasteiger partial charge in [-0.15, -0.1) is 0 Å². The van der Waals surface area contributed by atoms with Crippen molar-refractivity contribution in [1.82, 2.24) is 10.2 Å². The second kappa shape index (κ2) is 6.00. The zero-order valence-corrected chi connectivity index (χ0v) is 12.1. The zero-order chi connectivity index (χ0) is 14.7. The number of halogens is 1. The van der Waals surface area contributed by atoms with Crippen LogP contribution in [0.5, 0.6) is 0 Å². The second-order valence-electron chi connectivity index (χ2n) is 4.35. The summed E-state index contributed by atoms with van der Waals surface area (Å²) in [7, 11) is 0. The molecule has 1 aliphatic heterocycles. The first-order valence-electron chi connectivity index (χ1n) is 5.99. The van der Waals surface area contributed by atoms with Crippen LogP contribution in [-0.4, -0.2) is 41.3 Å². The van der Waals surface area contributed by atoms with Gasteiger partial charge in [-0.2, -0.15) is 0 Å². The van der Waals surface area contributed by atoms with Gasteiger partial charge in [0.05, 0.1) is 17.0 Å². The van der Waals surface area contributed by atoms with E-state index in [1.807, 2.05) is 0 Å². The van der Waals surface area contributed by atoms with Crippen LogP contribution in [0, 0.1) is 10.1 Å². The number of amides is 2. The minimum absolute atomic E-state index is 0.0338. The number of hydrogen-bond acceptors (Lipinski definition) is 4. The molecule has 0 unspecified atom stereocenters. The molecule has 1 fully saturated rings. The smallest absolute Gasteiger partial charge is 0.270 e. The van der Waals surface area contributed by atoms with Crippen molar-refractivity contribution in [2.75, 3.05) is 19.6 Å². The van der Waals surface area contributed by atoms with Crippen LogP contribution in [0.1, 0.15) is 16.8 Å². The molecule has 2 amide bonds. The quantitative estimate of drug-likeness (QED) is 0.648. The summed E-state index contributed by atoms with van der Waals surface area (Å²) >= 11 is 3.21. The summed E-state index contributed by atoms with van der Waals surface area (Å²) in [4.78, 5) is 35.5. The van der Waals surface area contributed by atoms with E-state index >= 15 is 0 Å². The Morgan fingerprint density at radius 2 is 2.20 bits per heavy atom. The summed E-state index contributed by atoms with van der Waals surface area (Å²) in [6, 6.07) is 3.99. The van der Waals surface area contributed by atoms with Gasteiger partial charge in [0, 0.05) is 29.7 Å². The van der Waals surface area contributed by atoms with Crippen molar-refractivity contribution in [3.05, 3.63) is 38.3 Å². The SMILES string of the molecule is O=C1CN(C(=O)c2cc([N+](=O)[O-])ccc2Br)CCCN1. The van der Waals surface area contributed by atoms with Crippen LogP contribution in [0.3, 0.4) is 0 Å². The minimum atomic E-state index is -0.557. The molecule has 8 heteroatoms. The third-order valence-electron chi connectivity index (χ3n) is 2.94. The highest BCUT2D eigenvalue weighted by Gasteiger charge is 2.24. The standard InChI is InChI=1S/C12H12BrN3O4/c13-10-3-2-8(16(19)20)6-9(10)12(18)15-5-1-4-14-11(17)7-15/h2-3,6H,1,4-5,7H2,(H,14,17). The van der Waals surface area contributed by atoms with Crippen molar-refractivity contribution in [3.8, 4) is 0 Å². The maximum Gasteiger partial charge on any atom is 0.270 e. The molecular formula is C12H12BrN3O4. The lowest BCUT2D eigenvalue weighted by Crippen LogP contribution is -2.37. The first-order chi connectivity index (χ1) is 9.49. The van der Waals surface area contributed by atoms with Crippen molar-refractivity contribution in [1.29, 1.82) is 0 Å². The number of non-ortho nitro benzene ring substituents is 1. The molecule has 20 heavy (non-hydrogen) atoms. The van der Waals surface area contributed by atoms with E-state index < -0.39 is 10.8 Å². The van der Waals surface area contributed by atoms with Crippen LogP contribution in [0.15, 0.2) is 22.7 Å². The molecule has 1 aromatic carbocycles.